The number of benzene rings is 1. The molecule has 0 aromatic heterocycles. The molecule has 1 saturated carbocycles. The molecule has 1 aliphatic carbocycles. The molecule has 1 heterocycles. The van der Waals surface area contributed by atoms with E-state index in [-0.39, 0.29) is 29.5 Å². The molecule has 2 aliphatic rings. The van der Waals surface area contributed by atoms with E-state index in [1.807, 2.05) is 20.8 Å². The summed E-state index contributed by atoms with van der Waals surface area (Å²) in [6.07, 6.45) is 0.690. The van der Waals surface area contributed by atoms with Crippen LogP contribution in [0.5, 0.6) is 0 Å². The summed E-state index contributed by atoms with van der Waals surface area (Å²) >= 11 is 0. The molecule has 0 bridgehead atoms. The lowest BCUT2D eigenvalue weighted by Gasteiger charge is -2.36. The zero-order valence-electron chi connectivity index (χ0n) is 17.4. The van der Waals surface area contributed by atoms with Gasteiger partial charge in [-0.25, -0.2) is 8.78 Å². The first-order chi connectivity index (χ1) is 13.9. The molecule has 8 heteroatoms. The first-order valence-electron chi connectivity index (χ1n) is 10.4. The van der Waals surface area contributed by atoms with Crippen LogP contribution >= 0.6 is 0 Å². The Morgan fingerprint density at radius 2 is 1.86 bits per heavy atom. The van der Waals surface area contributed by atoms with Crippen molar-refractivity contribution in [1.29, 1.82) is 0 Å². The molecule has 160 valence electrons. The molecule has 2 atom stereocenters. The van der Waals surface area contributed by atoms with Gasteiger partial charge in [-0.3, -0.25) is 14.7 Å². The van der Waals surface area contributed by atoms with Crippen LogP contribution in [0.1, 0.15) is 38.7 Å². The van der Waals surface area contributed by atoms with Crippen LogP contribution in [0.15, 0.2) is 23.2 Å². The Bertz CT molecular complexity index is 726. The van der Waals surface area contributed by atoms with Gasteiger partial charge in [-0.05, 0) is 39.3 Å². The number of nitrogens with zero attached hydrogens (tertiary/aromatic N) is 3. The molecule has 3 rings (SSSR count). The van der Waals surface area contributed by atoms with Crippen molar-refractivity contribution in [2.45, 2.75) is 45.2 Å². The number of carbonyl (C=O) groups is 1. The van der Waals surface area contributed by atoms with E-state index in [1.165, 1.54) is 18.2 Å². The number of hydrogen-bond donors (Lipinski definition) is 2. The largest absolute Gasteiger partial charge is 0.353 e. The zero-order valence-corrected chi connectivity index (χ0v) is 17.4. The van der Waals surface area contributed by atoms with E-state index in [1.54, 1.807) is 0 Å². The predicted molar refractivity (Wildman–Crippen MR) is 110 cm³/mol. The molecule has 2 fully saturated rings. The highest BCUT2D eigenvalue weighted by Gasteiger charge is 2.43. The van der Waals surface area contributed by atoms with Crippen molar-refractivity contribution >= 4 is 11.9 Å². The van der Waals surface area contributed by atoms with Gasteiger partial charge in [0.15, 0.2) is 5.96 Å². The summed E-state index contributed by atoms with van der Waals surface area (Å²) in [7, 11) is 0. The molecule has 1 amide bonds. The van der Waals surface area contributed by atoms with Crippen molar-refractivity contribution in [2.24, 2.45) is 4.99 Å². The zero-order chi connectivity index (χ0) is 21.0. The van der Waals surface area contributed by atoms with Crippen LogP contribution in [0.4, 0.5) is 8.78 Å². The number of hydrogen-bond acceptors (Lipinski definition) is 3. The molecule has 6 nitrogen and oxygen atoms in total. The highest BCUT2D eigenvalue weighted by molar-refractivity contribution is 5.81. The molecule has 1 aromatic carbocycles. The summed E-state index contributed by atoms with van der Waals surface area (Å²) in [5.41, 5.74) is 0.168. The minimum absolute atomic E-state index is 0.0125. The van der Waals surface area contributed by atoms with Gasteiger partial charge < -0.3 is 15.5 Å². The molecule has 29 heavy (non-hydrogen) atoms. The number of aliphatic imine (C=N–C) groups is 1. The number of nitrogens with one attached hydrogen (secondary N) is 2. The summed E-state index contributed by atoms with van der Waals surface area (Å²) in [5.74, 6) is -0.313. The standard InChI is InChI=1S/C21H31F2N5O/c1-4-24-21(26-18-12-15(18)20-16(22)6-5-7-17(20)23)28-10-8-27(9-11-28)13-19(29)25-14(2)3/h5-7,14-15,18H,4,8-13H2,1-3H3,(H,24,26)(H,25,29). The second-order valence-corrected chi connectivity index (χ2v) is 8.01. The second-order valence-electron chi connectivity index (χ2n) is 8.01. The highest BCUT2D eigenvalue weighted by Crippen LogP contribution is 2.43. The predicted octanol–water partition coefficient (Wildman–Crippen LogP) is 1.93. The number of carbonyl (C=O) groups excluding carboxylic acids is 1. The van der Waals surface area contributed by atoms with E-state index < -0.39 is 11.6 Å². The maximum atomic E-state index is 14.0. The Morgan fingerprint density at radius 3 is 2.45 bits per heavy atom. The van der Waals surface area contributed by atoms with Gasteiger partial charge in [0.25, 0.3) is 0 Å². The lowest BCUT2D eigenvalue weighted by molar-refractivity contribution is -0.123. The van der Waals surface area contributed by atoms with Gasteiger partial charge in [0.2, 0.25) is 5.91 Å². The van der Waals surface area contributed by atoms with Crippen molar-refractivity contribution < 1.29 is 13.6 Å². The van der Waals surface area contributed by atoms with Crippen LogP contribution in [-0.2, 0) is 4.79 Å². The second kappa shape index (κ2) is 9.52. The maximum Gasteiger partial charge on any atom is 0.234 e. The van der Waals surface area contributed by atoms with E-state index in [0.29, 0.717) is 19.5 Å². The Balaban J connectivity index is 1.53. The van der Waals surface area contributed by atoms with Gasteiger partial charge in [0, 0.05) is 56.3 Å². The third kappa shape index (κ3) is 5.65. The van der Waals surface area contributed by atoms with Crippen LogP contribution in [0, 0.1) is 11.6 Å². The fourth-order valence-electron chi connectivity index (χ4n) is 3.78. The van der Waals surface area contributed by atoms with Gasteiger partial charge in [0.05, 0.1) is 6.54 Å². The third-order valence-corrected chi connectivity index (χ3v) is 5.27. The first-order valence-corrected chi connectivity index (χ1v) is 10.4. The van der Waals surface area contributed by atoms with Crippen molar-refractivity contribution in [3.8, 4) is 0 Å². The van der Waals surface area contributed by atoms with Crippen LogP contribution in [0.2, 0.25) is 0 Å². The number of halogens is 2. The number of amides is 1. The van der Waals surface area contributed by atoms with Crippen molar-refractivity contribution in [2.75, 3.05) is 39.3 Å². The molecule has 2 unspecified atom stereocenters. The third-order valence-electron chi connectivity index (χ3n) is 5.27. The van der Waals surface area contributed by atoms with Crippen LogP contribution in [0.3, 0.4) is 0 Å². The fraction of sp³-hybridized carbons (Fsp3) is 0.619. The van der Waals surface area contributed by atoms with Crippen LogP contribution < -0.4 is 10.6 Å². The molecule has 0 spiro atoms. The first kappa shape index (κ1) is 21.5. The Labute approximate surface area is 171 Å². The van der Waals surface area contributed by atoms with Gasteiger partial charge in [0.1, 0.15) is 11.6 Å². The van der Waals surface area contributed by atoms with Crippen molar-refractivity contribution in [3.63, 3.8) is 0 Å². The fourth-order valence-corrected chi connectivity index (χ4v) is 3.78. The van der Waals surface area contributed by atoms with E-state index in [0.717, 1.165) is 32.1 Å². The number of guanidine groups is 1. The summed E-state index contributed by atoms with van der Waals surface area (Å²) < 4.78 is 28.1. The molecule has 1 aliphatic heterocycles. The van der Waals surface area contributed by atoms with Gasteiger partial charge in [-0.1, -0.05) is 6.07 Å². The van der Waals surface area contributed by atoms with E-state index in [2.05, 4.69) is 25.4 Å². The average molecular weight is 408 g/mol. The van der Waals surface area contributed by atoms with Gasteiger partial charge in [-0.15, -0.1) is 0 Å². The number of rotatable bonds is 6. The Kier molecular flexibility index (Phi) is 7.05. The Morgan fingerprint density at radius 1 is 1.21 bits per heavy atom. The topological polar surface area (TPSA) is 60.0 Å². The minimum Gasteiger partial charge on any atom is -0.353 e. The molecule has 0 radical (unpaired) electrons. The number of piperazine rings is 1. The van der Waals surface area contributed by atoms with Crippen LogP contribution in [0.25, 0.3) is 0 Å². The molecule has 2 N–H and O–H groups in total. The van der Waals surface area contributed by atoms with E-state index >= 15 is 0 Å². The summed E-state index contributed by atoms with van der Waals surface area (Å²) in [6.45, 7) is 9.95. The maximum absolute atomic E-state index is 14.0. The summed E-state index contributed by atoms with van der Waals surface area (Å²) in [6, 6.07) is 4.14. The quantitative estimate of drug-likeness (QED) is 0.559. The SMILES string of the molecule is CCN=C(NC1CC1c1c(F)cccc1F)N1CCN(CC(=O)NC(C)C)CC1. The Hall–Kier alpha value is -2.22. The van der Waals surface area contributed by atoms with Gasteiger partial charge in [-0.2, -0.15) is 0 Å². The summed E-state index contributed by atoms with van der Waals surface area (Å²) in [5, 5.41) is 6.31. The minimum atomic E-state index is -0.485. The average Bonchev–Trinajstić information content (AvgIpc) is 3.40. The molecular formula is C21H31F2N5O. The van der Waals surface area contributed by atoms with E-state index in [4.69, 9.17) is 0 Å². The lowest BCUT2D eigenvalue weighted by atomic mass is 10.1. The van der Waals surface area contributed by atoms with Crippen molar-refractivity contribution in [1.82, 2.24) is 20.4 Å². The highest BCUT2D eigenvalue weighted by atomic mass is 19.1. The molecular weight excluding hydrogens is 376 g/mol. The monoisotopic (exact) mass is 407 g/mol. The molecule has 1 aromatic rings. The smallest absolute Gasteiger partial charge is 0.234 e. The van der Waals surface area contributed by atoms with Crippen LogP contribution in [-0.4, -0.2) is 73.0 Å². The van der Waals surface area contributed by atoms with Crippen molar-refractivity contribution in [3.05, 3.63) is 35.4 Å². The molecule has 1 saturated heterocycles. The van der Waals surface area contributed by atoms with E-state index in [9.17, 15) is 13.6 Å². The van der Waals surface area contributed by atoms with Gasteiger partial charge >= 0.3 is 0 Å². The normalized spacial score (nSPS) is 22.7. The summed E-state index contributed by atoms with van der Waals surface area (Å²) in [4.78, 5) is 20.8. The lowest BCUT2D eigenvalue weighted by Crippen LogP contribution is -2.54.